The molecule has 0 aliphatic carbocycles. The van der Waals surface area contributed by atoms with Gasteiger partial charge in [0, 0.05) is 32.4 Å². The lowest BCUT2D eigenvalue weighted by molar-refractivity contribution is -0.384. The third-order valence-electron chi connectivity index (χ3n) is 4.39. The minimum absolute atomic E-state index is 0.0805. The zero-order chi connectivity index (χ0) is 20.4. The van der Waals surface area contributed by atoms with E-state index in [1.165, 1.54) is 23.3 Å². The smallest absolute Gasteiger partial charge is 0.269 e. The molecule has 0 aliphatic heterocycles. The van der Waals surface area contributed by atoms with Crippen LogP contribution in [0.25, 0.3) is 0 Å². The van der Waals surface area contributed by atoms with E-state index in [2.05, 4.69) is 41.6 Å². The Morgan fingerprint density at radius 3 is 2.57 bits per heavy atom. The Bertz CT molecular complexity index is 790. The van der Waals surface area contributed by atoms with E-state index in [1.54, 1.807) is 19.2 Å². The van der Waals surface area contributed by atoms with Crippen LogP contribution < -0.4 is 10.6 Å². The molecule has 2 aromatic rings. The average molecular weight is 384 g/mol. The van der Waals surface area contributed by atoms with Gasteiger partial charge in [-0.2, -0.15) is 0 Å². The lowest BCUT2D eigenvalue weighted by Gasteiger charge is -2.20. The fourth-order valence-corrected chi connectivity index (χ4v) is 2.82. The van der Waals surface area contributed by atoms with Crippen LogP contribution in [0, 0.1) is 17.0 Å². The van der Waals surface area contributed by atoms with Crippen LogP contribution >= 0.6 is 0 Å². The van der Waals surface area contributed by atoms with Crippen LogP contribution in [0.15, 0.2) is 53.5 Å². The highest BCUT2D eigenvalue weighted by Crippen LogP contribution is 2.17. The molecule has 2 N–H and O–H groups in total. The summed E-state index contributed by atoms with van der Waals surface area (Å²) in [7, 11) is 1.68. The second-order valence-corrected chi connectivity index (χ2v) is 6.58. The summed E-state index contributed by atoms with van der Waals surface area (Å²) < 4.78 is 5.09. The number of nitrogens with one attached hydrogen (secondary N) is 2. The van der Waals surface area contributed by atoms with E-state index in [9.17, 15) is 10.1 Å². The number of ether oxygens (including phenoxy) is 1. The molecule has 0 radical (unpaired) electrons. The summed E-state index contributed by atoms with van der Waals surface area (Å²) in [4.78, 5) is 15.0. The quantitative estimate of drug-likeness (QED) is 0.226. The second-order valence-electron chi connectivity index (χ2n) is 6.58. The van der Waals surface area contributed by atoms with Crippen LogP contribution in [0.1, 0.15) is 36.1 Å². The van der Waals surface area contributed by atoms with Gasteiger partial charge in [-0.3, -0.25) is 10.1 Å². The Labute approximate surface area is 166 Å². The van der Waals surface area contributed by atoms with Crippen molar-refractivity contribution < 1.29 is 9.66 Å². The fourth-order valence-electron chi connectivity index (χ4n) is 2.82. The van der Waals surface area contributed by atoms with Crippen LogP contribution in [0.4, 0.5) is 5.69 Å². The van der Waals surface area contributed by atoms with Crippen molar-refractivity contribution in [3.05, 3.63) is 75.3 Å². The second kappa shape index (κ2) is 11.0. The van der Waals surface area contributed by atoms with Crippen molar-refractivity contribution in [2.75, 3.05) is 20.3 Å². The van der Waals surface area contributed by atoms with Crippen LogP contribution in [0.3, 0.4) is 0 Å². The number of rotatable bonds is 9. The van der Waals surface area contributed by atoms with Gasteiger partial charge in [-0.05, 0) is 37.0 Å². The third kappa shape index (κ3) is 6.66. The first kappa shape index (κ1) is 21.4. The number of hydrogen-bond acceptors (Lipinski definition) is 4. The molecule has 0 saturated carbocycles. The maximum Gasteiger partial charge on any atom is 0.269 e. The van der Waals surface area contributed by atoms with Crippen molar-refractivity contribution in [2.45, 2.75) is 32.9 Å². The van der Waals surface area contributed by atoms with Gasteiger partial charge >= 0.3 is 0 Å². The van der Waals surface area contributed by atoms with Crippen molar-refractivity contribution in [2.24, 2.45) is 4.99 Å². The SMILES string of the molecule is COCCCNC(=NCc1ccc([N+](=O)[O-])cc1)NC(C)c1ccccc1C. The van der Waals surface area contributed by atoms with Crippen LogP contribution in [-0.2, 0) is 11.3 Å². The number of guanidine groups is 1. The molecule has 1 atom stereocenters. The van der Waals surface area contributed by atoms with Crippen molar-refractivity contribution in [1.82, 2.24) is 10.6 Å². The van der Waals surface area contributed by atoms with Gasteiger partial charge in [0.25, 0.3) is 5.69 Å². The Morgan fingerprint density at radius 1 is 1.21 bits per heavy atom. The van der Waals surface area contributed by atoms with Gasteiger partial charge in [-0.15, -0.1) is 0 Å². The summed E-state index contributed by atoms with van der Waals surface area (Å²) in [6, 6.07) is 14.8. The minimum Gasteiger partial charge on any atom is -0.385 e. The third-order valence-corrected chi connectivity index (χ3v) is 4.39. The predicted octanol–water partition coefficient (Wildman–Crippen LogP) is 3.74. The largest absolute Gasteiger partial charge is 0.385 e. The van der Waals surface area contributed by atoms with E-state index >= 15 is 0 Å². The molecular formula is C21H28N4O3. The summed E-state index contributed by atoms with van der Waals surface area (Å²) in [5, 5.41) is 17.5. The molecular weight excluding hydrogens is 356 g/mol. The van der Waals surface area contributed by atoms with E-state index in [-0.39, 0.29) is 11.7 Å². The minimum atomic E-state index is -0.402. The first-order valence-electron chi connectivity index (χ1n) is 9.34. The maximum absolute atomic E-state index is 10.8. The van der Waals surface area contributed by atoms with Crippen molar-refractivity contribution in [1.29, 1.82) is 0 Å². The van der Waals surface area contributed by atoms with E-state index in [1.807, 2.05) is 12.1 Å². The lowest BCUT2D eigenvalue weighted by atomic mass is 10.0. The number of hydrogen-bond donors (Lipinski definition) is 2. The normalized spacial score (nSPS) is 12.5. The summed E-state index contributed by atoms with van der Waals surface area (Å²) in [5.74, 6) is 0.699. The molecule has 0 bridgehead atoms. The molecule has 2 aromatic carbocycles. The van der Waals surface area contributed by atoms with Gasteiger partial charge in [-0.25, -0.2) is 4.99 Å². The van der Waals surface area contributed by atoms with Gasteiger partial charge in [-0.1, -0.05) is 36.4 Å². The number of nitrogens with zero attached hydrogens (tertiary/aromatic N) is 2. The fraction of sp³-hybridized carbons (Fsp3) is 0.381. The molecule has 0 aromatic heterocycles. The van der Waals surface area contributed by atoms with Gasteiger partial charge in [0.05, 0.1) is 17.5 Å². The monoisotopic (exact) mass is 384 g/mol. The van der Waals surface area contributed by atoms with E-state index in [0.29, 0.717) is 19.1 Å². The van der Waals surface area contributed by atoms with E-state index in [4.69, 9.17) is 4.74 Å². The number of aryl methyl sites for hydroxylation is 1. The maximum atomic E-state index is 10.8. The zero-order valence-corrected chi connectivity index (χ0v) is 16.6. The number of methoxy groups -OCH3 is 1. The van der Waals surface area contributed by atoms with E-state index < -0.39 is 4.92 Å². The number of benzene rings is 2. The molecule has 7 nitrogen and oxygen atoms in total. The summed E-state index contributed by atoms with van der Waals surface area (Å²) in [6.45, 7) is 6.03. The molecule has 2 rings (SSSR count). The highest BCUT2D eigenvalue weighted by molar-refractivity contribution is 5.80. The number of non-ortho nitro benzene ring substituents is 1. The van der Waals surface area contributed by atoms with Crippen molar-refractivity contribution in [3.8, 4) is 0 Å². The van der Waals surface area contributed by atoms with Gasteiger partial charge in [0.2, 0.25) is 0 Å². The van der Waals surface area contributed by atoms with Crippen LogP contribution in [0.2, 0.25) is 0 Å². The first-order chi connectivity index (χ1) is 13.5. The summed E-state index contributed by atoms with van der Waals surface area (Å²) >= 11 is 0. The number of nitro benzene ring substituents is 1. The van der Waals surface area contributed by atoms with Crippen molar-refractivity contribution in [3.63, 3.8) is 0 Å². The van der Waals surface area contributed by atoms with Gasteiger partial charge in [0.15, 0.2) is 5.96 Å². The first-order valence-corrected chi connectivity index (χ1v) is 9.34. The Morgan fingerprint density at radius 2 is 1.93 bits per heavy atom. The topological polar surface area (TPSA) is 88.8 Å². The molecule has 0 aliphatic rings. The van der Waals surface area contributed by atoms with E-state index in [0.717, 1.165) is 18.5 Å². The lowest BCUT2D eigenvalue weighted by Crippen LogP contribution is -2.39. The molecule has 0 spiro atoms. The molecule has 0 amide bonds. The molecule has 150 valence electrons. The summed E-state index contributed by atoms with van der Waals surface area (Å²) in [5.41, 5.74) is 3.42. The zero-order valence-electron chi connectivity index (χ0n) is 16.6. The standard InChI is InChI=1S/C21H28N4O3/c1-16-7-4-5-8-20(16)17(2)24-21(22-13-6-14-28-3)23-15-18-9-11-19(12-10-18)25(26)27/h4-5,7-12,17H,6,13-15H2,1-3H3,(H2,22,23,24). The number of nitro groups is 1. The Hall–Kier alpha value is -2.93. The Kier molecular flexibility index (Phi) is 8.42. The molecule has 1 unspecified atom stereocenters. The van der Waals surface area contributed by atoms with Gasteiger partial charge in [0.1, 0.15) is 0 Å². The molecule has 28 heavy (non-hydrogen) atoms. The highest BCUT2D eigenvalue weighted by atomic mass is 16.6. The number of aliphatic imine (C=N–C) groups is 1. The van der Waals surface area contributed by atoms with Crippen LogP contribution in [0.5, 0.6) is 0 Å². The predicted molar refractivity (Wildman–Crippen MR) is 111 cm³/mol. The molecule has 0 saturated heterocycles. The molecule has 0 fully saturated rings. The molecule has 7 heteroatoms. The average Bonchev–Trinajstić information content (AvgIpc) is 2.69. The summed E-state index contributed by atoms with van der Waals surface area (Å²) in [6.07, 6.45) is 0.869. The van der Waals surface area contributed by atoms with Crippen LogP contribution in [-0.4, -0.2) is 31.1 Å². The molecule has 0 heterocycles. The Balaban J connectivity index is 2.07. The van der Waals surface area contributed by atoms with Crippen molar-refractivity contribution >= 4 is 11.6 Å². The highest BCUT2D eigenvalue weighted by Gasteiger charge is 2.10. The van der Waals surface area contributed by atoms with Gasteiger partial charge < -0.3 is 15.4 Å².